The molecule has 0 unspecified atom stereocenters. The Morgan fingerprint density at radius 1 is 1.07 bits per heavy atom. The lowest BCUT2D eigenvalue weighted by atomic mass is 10.1. The average Bonchev–Trinajstić information content (AvgIpc) is 2.60. The minimum absolute atomic E-state index is 0.0797. The van der Waals surface area contributed by atoms with Gasteiger partial charge in [0.05, 0.1) is 23.3 Å². The predicted octanol–water partition coefficient (Wildman–Crippen LogP) is 4.51. The second-order valence-electron chi connectivity index (χ2n) is 6.50. The van der Waals surface area contributed by atoms with Crippen molar-refractivity contribution in [3.05, 3.63) is 57.6 Å². The summed E-state index contributed by atoms with van der Waals surface area (Å²) in [7, 11) is 1.72. The van der Waals surface area contributed by atoms with Crippen LogP contribution in [0.1, 0.15) is 18.1 Å². The molecule has 144 valence electrons. The molecule has 5 nitrogen and oxygen atoms in total. The summed E-state index contributed by atoms with van der Waals surface area (Å²) in [6.45, 7) is 5.76. The number of hydrogen-bond acceptors (Lipinski definition) is 3. The third-order valence-electron chi connectivity index (χ3n) is 4.50. The lowest BCUT2D eigenvalue weighted by molar-refractivity contribution is -0.122. The molecule has 0 fully saturated rings. The Balaban J connectivity index is 1.95. The maximum Gasteiger partial charge on any atom is 0.241 e. The maximum atomic E-state index is 12.5. The van der Waals surface area contributed by atoms with Crippen molar-refractivity contribution in [1.29, 1.82) is 0 Å². The van der Waals surface area contributed by atoms with E-state index in [9.17, 15) is 9.59 Å². The van der Waals surface area contributed by atoms with Gasteiger partial charge >= 0.3 is 0 Å². The highest BCUT2D eigenvalue weighted by Crippen LogP contribution is 2.25. The van der Waals surface area contributed by atoms with Crippen LogP contribution in [0, 0.1) is 13.8 Å². The molecule has 2 aromatic carbocycles. The Morgan fingerprint density at radius 3 is 2.44 bits per heavy atom. The predicted molar refractivity (Wildman–Crippen MR) is 112 cm³/mol. The fraction of sp³-hybridized carbons (Fsp3) is 0.300. The summed E-state index contributed by atoms with van der Waals surface area (Å²) in [4.78, 5) is 26.5. The molecule has 2 rings (SSSR count). The molecule has 7 heteroatoms. The van der Waals surface area contributed by atoms with Crippen LogP contribution in [0.5, 0.6) is 0 Å². The van der Waals surface area contributed by atoms with Gasteiger partial charge in [-0.25, -0.2) is 0 Å². The molecule has 0 bridgehead atoms. The number of nitrogens with one attached hydrogen (secondary N) is 2. The van der Waals surface area contributed by atoms with Crippen LogP contribution in [0.25, 0.3) is 0 Å². The third-order valence-corrected chi connectivity index (χ3v) is 5.05. The lowest BCUT2D eigenvalue weighted by Crippen LogP contribution is -2.43. The number of likely N-dealkylation sites (N-methyl/N-ethyl adjacent to an activating group) is 1. The molecule has 0 aliphatic rings. The Morgan fingerprint density at radius 2 is 1.78 bits per heavy atom. The molecule has 0 radical (unpaired) electrons. The molecule has 27 heavy (non-hydrogen) atoms. The van der Waals surface area contributed by atoms with Crippen LogP contribution < -0.4 is 10.6 Å². The zero-order chi connectivity index (χ0) is 20.1. The van der Waals surface area contributed by atoms with Crippen molar-refractivity contribution in [3.8, 4) is 0 Å². The first-order chi connectivity index (χ1) is 12.7. The summed E-state index contributed by atoms with van der Waals surface area (Å²) < 4.78 is 0. The number of halogens is 2. The van der Waals surface area contributed by atoms with Gasteiger partial charge in [-0.3, -0.25) is 14.5 Å². The van der Waals surface area contributed by atoms with Gasteiger partial charge in [-0.1, -0.05) is 35.3 Å². The first-order valence-corrected chi connectivity index (χ1v) is 9.27. The molecule has 2 amide bonds. The molecular weight excluding hydrogens is 385 g/mol. The largest absolute Gasteiger partial charge is 0.325 e. The number of hydrogen-bond donors (Lipinski definition) is 2. The number of anilines is 2. The smallest absolute Gasteiger partial charge is 0.241 e. The van der Waals surface area contributed by atoms with Gasteiger partial charge < -0.3 is 10.6 Å². The van der Waals surface area contributed by atoms with Gasteiger partial charge in [0, 0.05) is 10.7 Å². The zero-order valence-corrected chi connectivity index (χ0v) is 17.3. The molecular formula is C20H23Cl2N3O2. The molecule has 0 saturated heterocycles. The number of carbonyl (C=O) groups is 2. The Bertz CT molecular complexity index is 855. The zero-order valence-electron chi connectivity index (χ0n) is 15.8. The monoisotopic (exact) mass is 407 g/mol. The number of aryl methyl sites for hydroxylation is 1. The minimum atomic E-state index is -0.527. The average molecular weight is 408 g/mol. The summed E-state index contributed by atoms with van der Waals surface area (Å²) >= 11 is 11.9. The second-order valence-corrected chi connectivity index (χ2v) is 7.34. The van der Waals surface area contributed by atoms with Crippen LogP contribution in [-0.2, 0) is 9.59 Å². The van der Waals surface area contributed by atoms with Crippen molar-refractivity contribution in [2.24, 2.45) is 0 Å². The first-order valence-electron chi connectivity index (χ1n) is 8.51. The van der Waals surface area contributed by atoms with E-state index in [1.807, 2.05) is 32.0 Å². The van der Waals surface area contributed by atoms with E-state index in [2.05, 4.69) is 10.6 Å². The summed E-state index contributed by atoms with van der Waals surface area (Å²) in [5.41, 5.74) is 3.38. The van der Waals surface area contributed by atoms with E-state index in [1.54, 1.807) is 37.1 Å². The molecule has 0 aromatic heterocycles. The molecule has 0 spiro atoms. The van der Waals surface area contributed by atoms with Crippen LogP contribution in [0.2, 0.25) is 10.0 Å². The van der Waals surface area contributed by atoms with E-state index in [4.69, 9.17) is 23.2 Å². The molecule has 0 saturated carbocycles. The van der Waals surface area contributed by atoms with E-state index in [-0.39, 0.29) is 18.4 Å². The normalized spacial score (nSPS) is 12.0. The van der Waals surface area contributed by atoms with Crippen LogP contribution >= 0.6 is 23.2 Å². The lowest BCUT2D eigenvalue weighted by Gasteiger charge is -2.23. The number of carbonyl (C=O) groups excluding carboxylic acids is 2. The van der Waals surface area contributed by atoms with Crippen molar-refractivity contribution in [2.45, 2.75) is 26.8 Å². The van der Waals surface area contributed by atoms with E-state index in [0.717, 1.165) is 16.8 Å². The van der Waals surface area contributed by atoms with Crippen molar-refractivity contribution < 1.29 is 9.59 Å². The molecule has 0 aliphatic carbocycles. The molecule has 1 atom stereocenters. The SMILES string of the molecule is Cc1cccc(NC(=O)CN(C)[C@H](C)C(=O)Nc2ccc(Cl)cc2Cl)c1C. The van der Waals surface area contributed by atoms with E-state index >= 15 is 0 Å². The summed E-state index contributed by atoms with van der Waals surface area (Å²) in [6, 6.07) is 10.1. The van der Waals surface area contributed by atoms with E-state index in [0.29, 0.717) is 15.7 Å². The fourth-order valence-corrected chi connectivity index (χ4v) is 2.92. The van der Waals surface area contributed by atoms with Crippen molar-refractivity contribution in [1.82, 2.24) is 4.90 Å². The molecule has 2 N–H and O–H groups in total. The Labute approximate surface area is 169 Å². The molecule has 2 aromatic rings. The Kier molecular flexibility index (Phi) is 7.25. The van der Waals surface area contributed by atoms with Gasteiger partial charge in [0.2, 0.25) is 11.8 Å². The van der Waals surface area contributed by atoms with Gasteiger partial charge in [-0.2, -0.15) is 0 Å². The van der Waals surface area contributed by atoms with Crippen molar-refractivity contribution in [3.63, 3.8) is 0 Å². The van der Waals surface area contributed by atoms with Crippen LogP contribution in [-0.4, -0.2) is 36.3 Å². The van der Waals surface area contributed by atoms with Gasteiger partial charge in [0.25, 0.3) is 0 Å². The number of rotatable bonds is 6. The third kappa shape index (κ3) is 5.70. The van der Waals surface area contributed by atoms with Gasteiger partial charge in [0.15, 0.2) is 0 Å². The highest BCUT2D eigenvalue weighted by Gasteiger charge is 2.21. The molecule has 0 aliphatic heterocycles. The van der Waals surface area contributed by atoms with E-state index in [1.165, 1.54) is 0 Å². The van der Waals surface area contributed by atoms with Crippen LogP contribution in [0.15, 0.2) is 36.4 Å². The highest BCUT2D eigenvalue weighted by atomic mass is 35.5. The standard InChI is InChI=1S/C20H23Cl2N3O2/c1-12-6-5-7-17(13(12)2)23-19(26)11-25(4)14(3)20(27)24-18-9-8-15(21)10-16(18)22/h5-10,14H,11H2,1-4H3,(H,23,26)(H,24,27)/t14-/m1/s1. The van der Waals surface area contributed by atoms with Gasteiger partial charge in [0.1, 0.15) is 0 Å². The quantitative estimate of drug-likeness (QED) is 0.740. The summed E-state index contributed by atoms with van der Waals surface area (Å²) in [6.07, 6.45) is 0. The molecule has 0 heterocycles. The highest BCUT2D eigenvalue weighted by molar-refractivity contribution is 6.36. The van der Waals surface area contributed by atoms with Crippen LogP contribution in [0.4, 0.5) is 11.4 Å². The number of amides is 2. The first kappa shape index (κ1) is 21.2. The number of nitrogens with zero attached hydrogens (tertiary/aromatic N) is 1. The minimum Gasteiger partial charge on any atom is -0.325 e. The van der Waals surface area contributed by atoms with Gasteiger partial charge in [-0.05, 0) is 63.2 Å². The second kappa shape index (κ2) is 9.22. The summed E-state index contributed by atoms with van der Waals surface area (Å²) in [5.74, 6) is -0.448. The maximum absolute atomic E-state index is 12.5. The van der Waals surface area contributed by atoms with Crippen molar-refractivity contribution >= 4 is 46.4 Å². The fourth-order valence-electron chi connectivity index (χ4n) is 2.47. The number of benzene rings is 2. The van der Waals surface area contributed by atoms with Crippen LogP contribution in [0.3, 0.4) is 0 Å². The van der Waals surface area contributed by atoms with Crippen molar-refractivity contribution in [2.75, 3.05) is 24.2 Å². The topological polar surface area (TPSA) is 61.4 Å². The van der Waals surface area contributed by atoms with E-state index < -0.39 is 6.04 Å². The Hall–Kier alpha value is -2.08. The van der Waals surface area contributed by atoms with Gasteiger partial charge in [-0.15, -0.1) is 0 Å². The summed E-state index contributed by atoms with van der Waals surface area (Å²) in [5, 5.41) is 6.50.